The van der Waals surface area contributed by atoms with E-state index in [4.69, 9.17) is 0 Å². The van der Waals surface area contributed by atoms with Gasteiger partial charge in [0.1, 0.15) is 0 Å². The molecule has 0 amide bonds. The van der Waals surface area contributed by atoms with E-state index in [2.05, 4.69) is 16.8 Å². The molecule has 84 valence electrons. The number of piperazine rings is 1. The highest BCUT2D eigenvalue weighted by Crippen LogP contribution is 2.19. The van der Waals surface area contributed by atoms with E-state index in [-0.39, 0.29) is 0 Å². The quantitative estimate of drug-likeness (QED) is 0.589. The van der Waals surface area contributed by atoms with E-state index in [1.807, 2.05) is 13.8 Å². The van der Waals surface area contributed by atoms with Gasteiger partial charge >= 0.3 is 0 Å². The van der Waals surface area contributed by atoms with Crippen LogP contribution in [-0.4, -0.2) is 49.1 Å². The Hall–Kier alpha value is -0.0800. The van der Waals surface area contributed by atoms with Crippen molar-refractivity contribution in [2.24, 2.45) is 0 Å². The number of fused-ring (bicyclic) bond motifs is 1. The van der Waals surface area contributed by atoms with Gasteiger partial charge in [-0.05, 0) is 26.4 Å². The minimum absolute atomic E-state index is 0.881. The van der Waals surface area contributed by atoms with Gasteiger partial charge in [-0.2, -0.15) is 0 Å². The summed E-state index contributed by atoms with van der Waals surface area (Å²) in [5.74, 6) is 0. The summed E-state index contributed by atoms with van der Waals surface area (Å²) in [4.78, 5) is 5.18. The number of nitrogens with zero attached hydrogens (tertiary/aromatic N) is 2. The predicted molar refractivity (Wildman–Crippen MR) is 62.7 cm³/mol. The Morgan fingerprint density at radius 1 is 0.929 bits per heavy atom. The smallest absolute Gasteiger partial charge is 0.0223 e. The summed E-state index contributed by atoms with van der Waals surface area (Å²) in [6.07, 6.45) is 5.77. The number of likely N-dealkylation sites (N-methyl/N-ethyl adjacent to an activating group) is 1. The maximum Gasteiger partial charge on any atom is 0.0223 e. The molecule has 2 heteroatoms. The van der Waals surface area contributed by atoms with Crippen LogP contribution >= 0.6 is 0 Å². The zero-order chi connectivity index (χ0) is 10.4. The van der Waals surface area contributed by atoms with Crippen LogP contribution in [0.3, 0.4) is 0 Å². The molecule has 2 rings (SSSR count). The van der Waals surface area contributed by atoms with Crippen LogP contribution in [-0.2, 0) is 0 Å². The van der Waals surface area contributed by atoms with Crippen LogP contribution < -0.4 is 0 Å². The average molecular weight is 198 g/mol. The van der Waals surface area contributed by atoms with E-state index in [9.17, 15) is 0 Å². The fourth-order valence-electron chi connectivity index (χ4n) is 2.49. The third-order valence-corrected chi connectivity index (χ3v) is 3.29. The van der Waals surface area contributed by atoms with E-state index < -0.39 is 0 Å². The lowest BCUT2D eigenvalue weighted by atomic mass is 10.1. The van der Waals surface area contributed by atoms with E-state index in [1.54, 1.807) is 0 Å². The molecule has 0 aliphatic carbocycles. The molecular formula is C12H26N2. The van der Waals surface area contributed by atoms with Gasteiger partial charge in [-0.3, -0.25) is 4.90 Å². The van der Waals surface area contributed by atoms with Crippen LogP contribution in [0.1, 0.15) is 39.5 Å². The second kappa shape index (κ2) is 6.41. The van der Waals surface area contributed by atoms with Gasteiger partial charge in [0.25, 0.3) is 0 Å². The first-order valence-electron chi connectivity index (χ1n) is 6.29. The predicted octanol–water partition coefficient (Wildman–Crippen LogP) is 2.20. The lowest BCUT2D eigenvalue weighted by Crippen LogP contribution is -2.51. The summed E-state index contributed by atoms with van der Waals surface area (Å²) in [5.41, 5.74) is 0. The van der Waals surface area contributed by atoms with Gasteiger partial charge in [0.2, 0.25) is 0 Å². The Balaban J connectivity index is 0.000000461. The monoisotopic (exact) mass is 198 g/mol. The second-order valence-electron chi connectivity index (χ2n) is 4.30. The second-order valence-corrected chi connectivity index (χ2v) is 4.30. The van der Waals surface area contributed by atoms with Crippen LogP contribution in [0.15, 0.2) is 0 Å². The lowest BCUT2D eigenvalue weighted by Gasteiger charge is -2.38. The van der Waals surface area contributed by atoms with Gasteiger partial charge in [-0.25, -0.2) is 0 Å². The molecule has 2 fully saturated rings. The standard InChI is InChI=1S/C10H20N2.C2H6/c1-11-7-8-12-6-4-2-3-5-10(12)9-11;1-2/h10H,2-9H2,1H3;1-2H3. The zero-order valence-electron chi connectivity index (χ0n) is 10.1. The molecule has 0 N–H and O–H groups in total. The van der Waals surface area contributed by atoms with Crippen molar-refractivity contribution in [3.8, 4) is 0 Å². The van der Waals surface area contributed by atoms with E-state index >= 15 is 0 Å². The maximum absolute atomic E-state index is 2.70. The fourth-order valence-corrected chi connectivity index (χ4v) is 2.49. The Kier molecular flexibility index (Phi) is 5.49. The Labute approximate surface area is 89.3 Å². The van der Waals surface area contributed by atoms with Crippen LogP contribution in [0, 0.1) is 0 Å². The molecule has 0 aromatic rings. The average Bonchev–Trinajstić information content (AvgIpc) is 2.45. The van der Waals surface area contributed by atoms with Crippen LogP contribution in [0.2, 0.25) is 0 Å². The first-order valence-corrected chi connectivity index (χ1v) is 6.29. The molecule has 0 radical (unpaired) electrons. The van der Waals surface area contributed by atoms with Crippen LogP contribution in [0.4, 0.5) is 0 Å². The van der Waals surface area contributed by atoms with Gasteiger partial charge in [0.15, 0.2) is 0 Å². The van der Waals surface area contributed by atoms with Gasteiger partial charge < -0.3 is 4.90 Å². The molecule has 1 atom stereocenters. The summed E-state index contributed by atoms with van der Waals surface area (Å²) in [6.45, 7) is 9.25. The van der Waals surface area contributed by atoms with Crippen molar-refractivity contribution in [2.75, 3.05) is 33.2 Å². The first kappa shape index (κ1) is 12.0. The molecule has 0 saturated carbocycles. The number of hydrogen-bond donors (Lipinski definition) is 0. The van der Waals surface area contributed by atoms with Crippen molar-refractivity contribution in [3.05, 3.63) is 0 Å². The largest absolute Gasteiger partial charge is 0.304 e. The molecule has 14 heavy (non-hydrogen) atoms. The molecule has 1 unspecified atom stereocenters. The molecule has 0 bridgehead atoms. The summed E-state index contributed by atoms with van der Waals surface area (Å²) in [7, 11) is 2.25. The molecule has 2 aliphatic rings. The van der Waals surface area contributed by atoms with Crippen LogP contribution in [0.25, 0.3) is 0 Å². The molecule has 0 aromatic carbocycles. The maximum atomic E-state index is 2.70. The molecule has 2 aliphatic heterocycles. The number of rotatable bonds is 0. The van der Waals surface area contributed by atoms with Crippen LogP contribution in [0.5, 0.6) is 0 Å². The normalized spacial score (nSPS) is 29.8. The van der Waals surface area contributed by atoms with Crippen molar-refractivity contribution in [3.63, 3.8) is 0 Å². The van der Waals surface area contributed by atoms with Crippen molar-refractivity contribution < 1.29 is 0 Å². The van der Waals surface area contributed by atoms with Crippen molar-refractivity contribution in [1.29, 1.82) is 0 Å². The Bertz CT molecular complexity index is 147. The third kappa shape index (κ3) is 3.25. The molecule has 0 spiro atoms. The summed E-state index contributed by atoms with van der Waals surface area (Å²) in [5, 5.41) is 0. The minimum atomic E-state index is 0.881. The topological polar surface area (TPSA) is 6.48 Å². The zero-order valence-corrected chi connectivity index (χ0v) is 10.1. The van der Waals surface area contributed by atoms with Crippen molar-refractivity contribution >= 4 is 0 Å². The Morgan fingerprint density at radius 2 is 1.71 bits per heavy atom. The van der Waals surface area contributed by atoms with Gasteiger partial charge in [0.05, 0.1) is 0 Å². The summed E-state index contributed by atoms with van der Waals surface area (Å²) < 4.78 is 0. The minimum Gasteiger partial charge on any atom is -0.304 e. The van der Waals surface area contributed by atoms with E-state index in [0.717, 1.165) is 6.04 Å². The van der Waals surface area contributed by atoms with Gasteiger partial charge in [0, 0.05) is 25.7 Å². The lowest BCUT2D eigenvalue weighted by molar-refractivity contribution is 0.0925. The molecular weight excluding hydrogens is 172 g/mol. The van der Waals surface area contributed by atoms with Crippen molar-refractivity contribution in [2.45, 2.75) is 45.6 Å². The fraction of sp³-hybridized carbons (Fsp3) is 1.00. The van der Waals surface area contributed by atoms with E-state index in [1.165, 1.54) is 51.9 Å². The van der Waals surface area contributed by atoms with Gasteiger partial charge in [-0.15, -0.1) is 0 Å². The molecule has 0 aromatic heterocycles. The summed E-state index contributed by atoms with van der Waals surface area (Å²) in [6, 6.07) is 0.881. The SMILES string of the molecule is CC.CN1CCN2CCCCCC2C1. The highest BCUT2D eigenvalue weighted by molar-refractivity contribution is 4.82. The molecule has 2 nitrogen and oxygen atoms in total. The number of hydrogen-bond acceptors (Lipinski definition) is 2. The third-order valence-electron chi connectivity index (χ3n) is 3.29. The first-order chi connectivity index (χ1) is 6.86. The molecule has 2 heterocycles. The highest BCUT2D eigenvalue weighted by atomic mass is 15.3. The van der Waals surface area contributed by atoms with E-state index in [0.29, 0.717) is 0 Å². The van der Waals surface area contributed by atoms with Crippen molar-refractivity contribution in [1.82, 2.24) is 9.80 Å². The van der Waals surface area contributed by atoms with Gasteiger partial charge in [-0.1, -0.05) is 26.7 Å². The summed E-state index contributed by atoms with van der Waals surface area (Å²) >= 11 is 0. The molecule has 2 saturated heterocycles. The highest BCUT2D eigenvalue weighted by Gasteiger charge is 2.25. The Morgan fingerprint density at radius 3 is 2.50 bits per heavy atom.